The van der Waals surface area contributed by atoms with Crippen molar-refractivity contribution in [3.05, 3.63) is 48.0 Å². The Labute approximate surface area is 147 Å². The van der Waals surface area contributed by atoms with Crippen LogP contribution in [0, 0.1) is 16.7 Å². The predicted octanol–water partition coefficient (Wildman–Crippen LogP) is 3.60. The quantitative estimate of drug-likeness (QED) is 0.688. The van der Waals surface area contributed by atoms with Crippen molar-refractivity contribution in [2.24, 2.45) is 16.7 Å². The topological polar surface area (TPSA) is 55.4 Å². The van der Waals surface area contributed by atoms with E-state index in [1.807, 2.05) is 52.0 Å². The highest BCUT2D eigenvalue weighted by Crippen LogP contribution is 2.74. The second kappa shape index (κ2) is 5.07. The molecule has 1 aliphatic carbocycles. The van der Waals surface area contributed by atoms with Crippen molar-refractivity contribution in [2.75, 3.05) is 0 Å². The lowest BCUT2D eigenvalue weighted by Gasteiger charge is -2.22. The Bertz CT molecular complexity index is 882. The standard InChI is InChI=1S/C21H23NO3/c1-12(15-11-7-9-14-8-5-6-10-16(14)15)22-18(23)21-17(20(21,3)4)13(2)25-19(21)24/h5-13,17H,1-4H3,(H,22,23)/t12-,13+,17-,21-/m1/s1. The van der Waals surface area contributed by atoms with E-state index in [2.05, 4.69) is 23.5 Å². The van der Waals surface area contributed by atoms with Crippen LogP contribution < -0.4 is 5.32 Å². The van der Waals surface area contributed by atoms with E-state index >= 15 is 0 Å². The van der Waals surface area contributed by atoms with E-state index < -0.39 is 5.41 Å². The summed E-state index contributed by atoms with van der Waals surface area (Å²) in [4.78, 5) is 25.5. The summed E-state index contributed by atoms with van der Waals surface area (Å²) in [5, 5.41) is 5.33. The molecule has 4 heteroatoms. The Morgan fingerprint density at radius 1 is 1.16 bits per heavy atom. The first-order valence-electron chi connectivity index (χ1n) is 8.81. The number of amides is 1. The second-order valence-electron chi connectivity index (χ2n) is 7.88. The van der Waals surface area contributed by atoms with Gasteiger partial charge in [0, 0.05) is 5.92 Å². The minimum absolute atomic E-state index is 0.0489. The Hall–Kier alpha value is -2.36. The van der Waals surface area contributed by atoms with Crippen molar-refractivity contribution >= 4 is 22.6 Å². The van der Waals surface area contributed by atoms with Gasteiger partial charge in [0.25, 0.3) is 0 Å². The molecular formula is C21H23NO3. The fraction of sp³-hybridized carbons (Fsp3) is 0.429. The third-order valence-corrected chi connectivity index (χ3v) is 6.26. The summed E-state index contributed by atoms with van der Waals surface area (Å²) >= 11 is 0. The van der Waals surface area contributed by atoms with Gasteiger partial charge in [0.05, 0.1) is 6.04 Å². The number of benzene rings is 2. The fourth-order valence-corrected chi connectivity index (χ4v) is 5.00. The minimum Gasteiger partial charge on any atom is -0.461 e. The number of cyclic esters (lactones) is 1. The van der Waals surface area contributed by atoms with Crippen molar-refractivity contribution in [1.29, 1.82) is 0 Å². The summed E-state index contributed by atoms with van der Waals surface area (Å²) in [7, 11) is 0. The minimum atomic E-state index is -1.04. The zero-order valence-corrected chi connectivity index (χ0v) is 15.0. The van der Waals surface area contributed by atoms with Crippen LogP contribution >= 0.6 is 0 Å². The molecule has 2 aromatic carbocycles. The van der Waals surface area contributed by atoms with Gasteiger partial charge in [0.1, 0.15) is 6.10 Å². The summed E-state index contributed by atoms with van der Waals surface area (Å²) in [6.45, 7) is 7.80. The van der Waals surface area contributed by atoms with Crippen molar-refractivity contribution < 1.29 is 14.3 Å². The molecule has 4 atom stereocenters. The van der Waals surface area contributed by atoms with Gasteiger partial charge in [-0.3, -0.25) is 9.59 Å². The number of fused-ring (bicyclic) bond motifs is 2. The largest absolute Gasteiger partial charge is 0.461 e. The van der Waals surface area contributed by atoms with Crippen LogP contribution in [0.1, 0.15) is 39.3 Å². The van der Waals surface area contributed by atoms with Gasteiger partial charge in [-0.1, -0.05) is 56.3 Å². The molecule has 1 aliphatic heterocycles. The SMILES string of the molecule is C[C@@H]1OC(=O)[C@]2(C(=O)N[C@H](C)c3cccc4ccccc34)[C@H]1C2(C)C. The molecule has 2 aromatic rings. The lowest BCUT2D eigenvalue weighted by molar-refractivity contribution is -0.154. The van der Waals surface area contributed by atoms with Crippen LogP contribution in [0.2, 0.25) is 0 Å². The van der Waals surface area contributed by atoms with Gasteiger partial charge in [0.15, 0.2) is 5.41 Å². The average Bonchev–Trinajstić information content (AvgIpc) is 2.97. The van der Waals surface area contributed by atoms with Gasteiger partial charge in [-0.2, -0.15) is 0 Å². The normalized spacial score (nSPS) is 30.5. The molecule has 2 fully saturated rings. The highest BCUT2D eigenvalue weighted by molar-refractivity contribution is 6.10. The van der Waals surface area contributed by atoms with Gasteiger partial charge >= 0.3 is 5.97 Å². The summed E-state index contributed by atoms with van der Waals surface area (Å²) in [5.41, 5.74) is -0.340. The number of carbonyl (C=O) groups is 2. The summed E-state index contributed by atoms with van der Waals surface area (Å²) < 4.78 is 5.34. The third-order valence-electron chi connectivity index (χ3n) is 6.26. The van der Waals surface area contributed by atoms with Crippen molar-refractivity contribution in [3.63, 3.8) is 0 Å². The van der Waals surface area contributed by atoms with Gasteiger partial charge in [-0.25, -0.2) is 0 Å². The van der Waals surface area contributed by atoms with E-state index in [0.717, 1.165) is 16.3 Å². The third kappa shape index (κ3) is 1.94. The predicted molar refractivity (Wildman–Crippen MR) is 95.8 cm³/mol. The molecule has 0 aromatic heterocycles. The van der Waals surface area contributed by atoms with Crippen molar-refractivity contribution in [2.45, 2.75) is 39.8 Å². The van der Waals surface area contributed by atoms with E-state index in [-0.39, 0.29) is 35.4 Å². The molecule has 1 saturated carbocycles. The number of carbonyl (C=O) groups excluding carboxylic acids is 2. The number of esters is 1. The summed E-state index contributed by atoms with van der Waals surface area (Å²) in [6, 6.07) is 14.0. The number of hydrogen-bond donors (Lipinski definition) is 1. The first-order valence-corrected chi connectivity index (χ1v) is 8.81. The monoisotopic (exact) mass is 337 g/mol. The van der Waals surface area contributed by atoms with Crippen molar-refractivity contribution in [1.82, 2.24) is 5.32 Å². The fourth-order valence-electron chi connectivity index (χ4n) is 5.00. The molecule has 0 bridgehead atoms. The van der Waals surface area contributed by atoms with Gasteiger partial charge in [-0.15, -0.1) is 0 Å². The van der Waals surface area contributed by atoms with Crippen LogP contribution in [0.5, 0.6) is 0 Å². The highest BCUT2D eigenvalue weighted by atomic mass is 16.6. The zero-order valence-electron chi connectivity index (χ0n) is 15.0. The van der Waals surface area contributed by atoms with E-state index in [0.29, 0.717) is 0 Å². The molecule has 2 aliphatic rings. The van der Waals surface area contributed by atoms with Gasteiger partial charge in [0.2, 0.25) is 5.91 Å². The molecule has 1 heterocycles. The lowest BCUT2D eigenvalue weighted by Crippen LogP contribution is -2.41. The molecule has 4 rings (SSSR count). The van der Waals surface area contributed by atoms with Crippen LogP contribution in [0.15, 0.2) is 42.5 Å². The zero-order chi connectivity index (χ0) is 18.0. The Balaban J connectivity index is 1.64. The van der Waals surface area contributed by atoms with Crippen LogP contribution in [0.3, 0.4) is 0 Å². The van der Waals surface area contributed by atoms with E-state index in [1.54, 1.807) is 0 Å². The molecule has 130 valence electrons. The maximum absolute atomic E-state index is 13.1. The summed E-state index contributed by atoms with van der Waals surface area (Å²) in [6.07, 6.45) is -0.207. The second-order valence-corrected chi connectivity index (χ2v) is 7.88. The smallest absolute Gasteiger partial charge is 0.322 e. The molecule has 0 spiro atoms. The average molecular weight is 337 g/mol. The first kappa shape index (κ1) is 16.1. The van der Waals surface area contributed by atoms with E-state index in [9.17, 15) is 9.59 Å². The highest BCUT2D eigenvalue weighted by Gasteiger charge is 2.86. The molecule has 1 N–H and O–H groups in total. The lowest BCUT2D eigenvalue weighted by atomic mass is 9.93. The molecule has 1 saturated heterocycles. The maximum Gasteiger partial charge on any atom is 0.322 e. The Morgan fingerprint density at radius 3 is 2.52 bits per heavy atom. The maximum atomic E-state index is 13.1. The molecule has 25 heavy (non-hydrogen) atoms. The molecule has 0 radical (unpaired) electrons. The number of ether oxygens (including phenoxy) is 1. The Kier molecular flexibility index (Phi) is 3.27. The molecule has 4 nitrogen and oxygen atoms in total. The van der Waals surface area contributed by atoms with Crippen LogP contribution in [0.4, 0.5) is 0 Å². The molecule has 0 unspecified atom stereocenters. The molecule has 1 amide bonds. The van der Waals surface area contributed by atoms with Crippen LogP contribution in [0.25, 0.3) is 10.8 Å². The first-order chi connectivity index (χ1) is 11.8. The van der Waals surface area contributed by atoms with E-state index in [4.69, 9.17) is 4.74 Å². The Morgan fingerprint density at radius 2 is 1.84 bits per heavy atom. The van der Waals surface area contributed by atoms with Gasteiger partial charge < -0.3 is 10.1 Å². The molecular weight excluding hydrogens is 314 g/mol. The number of hydrogen-bond acceptors (Lipinski definition) is 3. The van der Waals surface area contributed by atoms with E-state index in [1.165, 1.54) is 0 Å². The summed E-state index contributed by atoms with van der Waals surface area (Å²) in [5.74, 6) is -0.637. The number of nitrogens with one attached hydrogen (secondary N) is 1. The van der Waals surface area contributed by atoms with Crippen LogP contribution in [-0.4, -0.2) is 18.0 Å². The van der Waals surface area contributed by atoms with Crippen LogP contribution in [-0.2, 0) is 14.3 Å². The number of rotatable bonds is 3. The van der Waals surface area contributed by atoms with Crippen molar-refractivity contribution in [3.8, 4) is 0 Å². The van der Waals surface area contributed by atoms with Gasteiger partial charge in [-0.05, 0) is 35.6 Å².